The Kier molecular flexibility index (Phi) is 6.61. The Balaban J connectivity index is 2.03. The summed E-state index contributed by atoms with van der Waals surface area (Å²) >= 11 is 1.47. The fourth-order valence-corrected chi connectivity index (χ4v) is 3.91. The first kappa shape index (κ1) is 20.3. The van der Waals surface area contributed by atoms with E-state index in [2.05, 4.69) is 22.2 Å². The van der Waals surface area contributed by atoms with Crippen LogP contribution in [0.25, 0.3) is 0 Å². The molecule has 1 amide bonds. The van der Waals surface area contributed by atoms with E-state index in [-0.39, 0.29) is 23.8 Å². The summed E-state index contributed by atoms with van der Waals surface area (Å²) in [6.07, 6.45) is 1.14. The quantitative estimate of drug-likeness (QED) is 0.517. The molecule has 7 nitrogen and oxygen atoms in total. The van der Waals surface area contributed by atoms with Crippen molar-refractivity contribution in [3.63, 3.8) is 0 Å². The molecule has 8 heteroatoms. The molecule has 0 bridgehead atoms. The number of amides is 1. The molecule has 0 saturated heterocycles. The van der Waals surface area contributed by atoms with Gasteiger partial charge in [0.15, 0.2) is 16.7 Å². The number of hydrogen-bond acceptors (Lipinski definition) is 6. The topological polar surface area (TPSA) is 93.3 Å². The molecule has 1 aromatic heterocycles. The van der Waals surface area contributed by atoms with Gasteiger partial charge in [0.1, 0.15) is 5.82 Å². The summed E-state index contributed by atoms with van der Waals surface area (Å²) in [6.45, 7) is 6.88. The first-order chi connectivity index (χ1) is 13.6. The van der Waals surface area contributed by atoms with Crippen molar-refractivity contribution in [2.24, 2.45) is 0 Å². The number of carbonyl (C=O) groups excluding carboxylic acids is 1. The Morgan fingerprint density at radius 3 is 2.61 bits per heavy atom. The lowest BCUT2D eigenvalue weighted by atomic mass is 9.86. The van der Waals surface area contributed by atoms with E-state index in [4.69, 9.17) is 9.47 Å². The largest absolute Gasteiger partial charge is 0.490 e. The molecule has 2 heterocycles. The minimum absolute atomic E-state index is 0.158. The average Bonchev–Trinajstić information content (AvgIpc) is 2.67. The highest BCUT2D eigenvalue weighted by Crippen LogP contribution is 2.38. The number of H-pyrrole nitrogens is 1. The van der Waals surface area contributed by atoms with Crippen LogP contribution in [0.15, 0.2) is 28.2 Å². The fraction of sp³-hybridized carbons (Fsp3) is 0.450. The van der Waals surface area contributed by atoms with Gasteiger partial charge in [-0.15, -0.1) is 0 Å². The number of anilines is 1. The van der Waals surface area contributed by atoms with Gasteiger partial charge in [-0.05, 0) is 38.0 Å². The summed E-state index contributed by atoms with van der Waals surface area (Å²) in [5, 5.41) is 3.27. The van der Waals surface area contributed by atoms with E-state index in [9.17, 15) is 9.59 Å². The lowest BCUT2D eigenvalue weighted by Gasteiger charge is -2.25. The molecule has 0 aliphatic carbocycles. The summed E-state index contributed by atoms with van der Waals surface area (Å²) < 4.78 is 11.3. The summed E-state index contributed by atoms with van der Waals surface area (Å²) in [5.41, 5.74) is 1.08. The number of ether oxygens (including phenoxy) is 2. The molecule has 0 spiro atoms. The molecule has 1 aliphatic heterocycles. The number of hydrogen-bond donors (Lipinski definition) is 2. The molecule has 2 N–H and O–H groups in total. The molecular weight excluding hydrogens is 378 g/mol. The highest BCUT2D eigenvalue weighted by molar-refractivity contribution is 7.99. The number of rotatable bonds is 8. The van der Waals surface area contributed by atoms with Crippen molar-refractivity contribution >= 4 is 23.5 Å². The summed E-state index contributed by atoms with van der Waals surface area (Å²) in [7, 11) is 0. The first-order valence-electron chi connectivity index (χ1n) is 9.53. The number of benzene rings is 1. The number of aromatic amines is 1. The van der Waals surface area contributed by atoms with Crippen LogP contribution in [0.3, 0.4) is 0 Å². The van der Waals surface area contributed by atoms with Crippen LogP contribution in [0.1, 0.15) is 50.7 Å². The number of nitrogens with zero attached hydrogens (tertiary/aromatic N) is 1. The standard InChI is InChI=1S/C20H25N3O4S/c1-4-9-28-20-22-18-17(19(25)23-20)13(11-16(24)21-18)12-7-8-14(26-5-2)15(10-12)27-6-3/h7-8,10,13H,4-6,9,11H2,1-3H3,(H2,21,22,23,24,25)/t13-/m0/s1. The average molecular weight is 404 g/mol. The molecule has 0 radical (unpaired) electrons. The van der Waals surface area contributed by atoms with E-state index >= 15 is 0 Å². The second-order valence-corrected chi connectivity index (χ2v) is 7.44. The van der Waals surface area contributed by atoms with E-state index in [0.717, 1.165) is 17.7 Å². The van der Waals surface area contributed by atoms with Crippen molar-refractivity contribution in [2.45, 2.75) is 44.7 Å². The zero-order valence-corrected chi connectivity index (χ0v) is 17.1. The van der Waals surface area contributed by atoms with Crippen molar-refractivity contribution in [1.82, 2.24) is 9.97 Å². The Morgan fingerprint density at radius 1 is 1.14 bits per heavy atom. The van der Waals surface area contributed by atoms with Crippen LogP contribution in [-0.2, 0) is 4.79 Å². The Morgan fingerprint density at radius 2 is 1.89 bits per heavy atom. The van der Waals surface area contributed by atoms with Crippen LogP contribution in [0.2, 0.25) is 0 Å². The third-order valence-electron chi connectivity index (χ3n) is 4.34. The van der Waals surface area contributed by atoms with Gasteiger partial charge in [-0.25, -0.2) is 4.98 Å². The number of aromatic nitrogens is 2. The van der Waals surface area contributed by atoms with Crippen molar-refractivity contribution in [1.29, 1.82) is 0 Å². The van der Waals surface area contributed by atoms with Crippen LogP contribution in [-0.4, -0.2) is 34.8 Å². The Labute approximate surface area is 168 Å². The molecule has 2 aromatic rings. The van der Waals surface area contributed by atoms with Crippen LogP contribution >= 0.6 is 11.8 Å². The van der Waals surface area contributed by atoms with Gasteiger partial charge in [0.2, 0.25) is 5.91 Å². The minimum atomic E-state index is -0.389. The van der Waals surface area contributed by atoms with Gasteiger partial charge in [0.25, 0.3) is 5.56 Å². The number of thioether (sulfide) groups is 1. The van der Waals surface area contributed by atoms with Gasteiger partial charge in [0.05, 0.1) is 18.8 Å². The second-order valence-electron chi connectivity index (χ2n) is 6.36. The molecule has 0 unspecified atom stereocenters. The van der Waals surface area contributed by atoms with Gasteiger partial charge >= 0.3 is 0 Å². The number of fused-ring (bicyclic) bond motifs is 1. The molecule has 28 heavy (non-hydrogen) atoms. The van der Waals surface area contributed by atoms with Gasteiger partial charge in [0, 0.05) is 18.1 Å². The maximum Gasteiger partial charge on any atom is 0.257 e. The van der Waals surface area contributed by atoms with Crippen LogP contribution in [0.5, 0.6) is 11.5 Å². The molecule has 0 fully saturated rings. The Bertz CT molecular complexity index is 913. The molecule has 150 valence electrons. The molecular formula is C20H25N3O4S. The van der Waals surface area contributed by atoms with Crippen LogP contribution in [0, 0.1) is 0 Å². The lowest BCUT2D eigenvalue weighted by Crippen LogP contribution is -2.31. The summed E-state index contributed by atoms with van der Waals surface area (Å²) in [4.78, 5) is 32.4. The Hall–Kier alpha value is -2.48. The van der Waals surface area contributed by atoms with Crippen molar-refractivity contribution in [3.05, 3.63) is 39.7 Å². The van der Waals surface area contributed by atoms with E-state index in [1.807, 2.05) is 32.0 Å². The first-order valence-corrected chi connectivity index (χ1v) is 10.5. The van der Waals surface area contributed by atoms with Gasteiger partial charge in [-0.3, -0.25) is 9.59 Å². The lowest BCUT2D eigenvalue weighted by molar-refractivity contribution is -0.116. The predicted molar refractivity (Wildman–Crippen MR) is 110 cm³/mol. The highest BCUT2D eigenvalue weighted by atomic mass is 32.2. The van der Waals surface area contributed by atoms with E-state index in [1.165, 1.54) is 11.8 Å². The van der Waals surface area contributed by atoms with Crippen molar-refractivity contribution in [3.8, 4) is 11.5 Å². The molecule has 1 aliphatic rings. The maximum absolute atomic E-state index is 12.8. The third-order valence-corrected chi connectivity index (χ3v) is 5.42. The molecule has 1 atom stereocenters. The fourth-order valence-electron chi connectivity index (χ4n) is 3.19. The minimum Gasteiger partial charge on any atom is -0.490 e. The second kappa shape index (κ2) is 9.14. The maximum atomic E-state index is 12.8. The number of nitrogens with one attached hydrogen (secondary N) is 2. The van der Waals surface area contributed by atoms with Crippen LogP contribution in [0.4, 0.5) is 5.82 Å². The van der Waals surface area contributed by atoms with Crippen molar-refractivity contribution < 1.29 is 14.3 Å². The normalized spacial score (nSPS) is 15.7. The van der Waals surface area contributed by atoms with Gasteiger partial charge < -0.3 is 19.8 Å². The zero-order chi connectivity index (χ0) is 20.1. The summed E-state index contributed by atoms with van der Waals surface area (Å²) in [5.74, 6) is 1.89. The smallest absolute Gasteiger partial charge is 0.257 e. The number of carbonyl (C=O) groups is 1. The SMILES string of the molecule is CCCSc1nc2c(c(=O)[nH]1)[C@H](c1ccc(OCC)c(OCC)c1)CC(=O)N2. The third kappa shape index (κ3) is 4.32. The predicted octanol–water partition coefficient (Wildman–Crippen LogP) is 3.54. The summed E-state index contributed by atoms with van der Waals surface area (Å²) in [6, 6.07) is 5.55. The van der Waals surface area contributed by atoms with Gasteiger partial charge in [-0.2, -0.15) is 0 Å². The van der Waals surface area contributed by atoms with Crippen LogP contribution < -0.4 is 20.3 Å². The molecule has 0 saturated carbocycles. The van der Waals surface area contributed by atoms with E-state index in [0.29, 0.717) is 41.3 Å². The molecule has 1 aromatic carbocycles. The highest BCUT2D eigenvalue weighted by Gasteiger charge is 2.31. The van der Waals surface area contributed by atoms with E-state index in [1.54, 1.807) is 0 Å². The van der Waals surface area contributed by atoms with Gasteiger partial charge in [-0.1, -0.05) is 24.8 Å². The monoisotopic (exact) mass is 403 g/mol. The molecule has 3 rings (SSSR count). The van der Waals surface area contributed by atoms with Crippen molar-refractivity contribution in [2.75, 3.05) is 24.3 Å². The zero-order valence-electron chi connectivity index (χ0n) is 16.3. The van der Waals surface area contributed by atoms with E-state index < -0.39 is 0 Å².